The molecule has 1 saturated carbocycles. The second kappa shape index (κ2) is 4.88. The number of fused-ring (bicyclic) bond motifs is 2. The Bertz CT molecular complexity index is 616. The lowest BCUT2D eigenvalue weighted by Gasteiger charge is -2.19. The third-order valence-corrected chi connectivity index (χ3v) is 5.16. The van der Waals surface area contributed by atoms with Gasteiger partial charge < -0.3 is 9.88 Å². The van der Waals surface area contributed by atoms with Crippen LogP contribution in [0.1, 0.15) is 44.5 Å². The number of aryl methyl sites for hydroxylation is 1. The molecule has 3 heteroatoms. The fourth-order valence-corrected chi connectivity index (χ4v) is 4.26. The number of hydrogen-bond donors (Lipinski definition) is 1. The highest BCUT2D eigenvalue weighted by Crippen LogP contribution is 2.44. The molecule has 0 spiro atoms. The molecule has 4 rings (SSSR count). The van der Waals surface area contributed by atoms with Gasteiger partial charge >= 0.3 is 0 Å². The van der Waals surface area contributed by atoms with Crippen molar-refractivity contribution in [2.75, 3.05) is 6.54 Å². The van der Waals surface area contributed by atoms with Crippen molar-refractivity contribution in [1.82, 2.24) is 14.9 Å². The maximum Gasteiger partial charge on any atom is 0.127 e. The molecule has 3 atom stereocenters. The van der Waals surface area contributed by atoms with E-state index < -0.39 is 0 Å². The van der Waals surface area contributed by atoms with E-state index in [1.807, 2.05) is 0 Å². The van der Waals surface area contributed by atoms with E-state index in [9.17, 15) is 0 Å². The van der Waals surface area contributed by atoms with Crippen molar-refractivity contribution in [3.63, 3.8) is 0 Å². The van der Waals surface area contributed by atoms with Gasteiger partial charge in [-0.05, 0) is 49.8 Å². The number of para-hydroxylation sites is 2. The summed E-state index contributed by atoms with van der Waals surface area (Å²) in [6.07, 6.45) is 5.34. The van der Waals surface area contributed by atoms with E-state index in [1.165, 1.54) is 37.1 Å². The van der Waals surface area contributed by atoms with E-state index in [-0.39, 0.29) is 0 Å². The first-order chi connectivity index (χ1) is 9.88. The van der Waals surface area contributed by atoms with Gasteiger partial charge in [0.15, 0.2) is 0 Å². The van der Waals surface area contributed by atoms with E-state index in [2.05, 4.69) is 41.1 Å². The fourth-order valence-electron chi connectivity index (χ4n) is 4.26. The minimum Gasteiger partial charge on any atom is -0.327 e. The van der Waals surface area contributed by atoms with Gasteiger partial charge in [0, 0.05) is 6.54 Å². The Balaban J connectivity index is 1.80. The molecule has 0 radical (unpaired) electrons. The zero-order chi connectivity index (χ0) is 13.5. The summed E-state index contributed by atoms with van der Waals surface area (Å²) in [6, 6.07) is 9.05. The van der Waals surface area contributed by atoms with E-state index >= 15 is 0 Å². The number of rotatable bonds is 3. The van der Waals surface area contributed by atoms with Gasteiger partial charge in [-0.2, -0.15) is 0 Å². The van der Waals surface area contributed by atoms with Gasteiger partial charge in [0.25, 0.3) is 0 Å². The fraction of sp³-hybridized carbons (Fsp3) is 0.588. The summed E-state index contributed by atoms with van der Waals surface area (Å²) in [4.78, 5) is 4.97. The van der Waals surface area contributed by atoms with Crippen molar-refractivity contribution in [1.29, 1.82) is 0 Å². The summed E-state index contributed by atoms with van der Waals surface area (Å²) in [5.74, 6) is 2.97. The minimum atomic E-state index is 0.474. The van der Waals surface area contributed by atoms with Crippen molar-refractivity contribution >= 4 is 11.0 Å². The van der Waals surface area contributed by atoms with Gasteiger partial charge in [0.05, 0.1) is 17.1 Å². The van der Waals surface area contributed by atoms with Crippen LogP contribution in [0, 0.1) is 11.8 Å². The van der Waals surface area contributed by atoms with Gasteiger partial charge in [-0.3, -0.25) is 0 Å². The zero-order valence-corrected chi connectivity index (χ0v) is 12.2. The first-order valence-electron chi connectivity index (χ1n) is 8.07. The summed E-state index contributed by atoms with van der Waals surface area (Å²) in [5, 5.41) is 3.75. The Hall–Kier alpha value is -1.35. The van der Waals surface area contributed by atoms with Gasteiger partial charge in [-0.1, -0.05) is 25.5 Å². The van der Waals surface area contributed by atoms with Crippen molar-refractivity contribution < 1.29 is 0 Å². The second-order valence-electron chi connectivity index (χ2n) is 6.35. The lowest BCUT2D eigenvalue weighted by Crippen LogP contribution is -2.22. The number of aromatic nitrogens is 2. The van der Waals surface area contributed by atoms with Crippen LogP contribution in [-0.2, 0) is 6.54 Å². The third-order valence-electron chi connectivity index (χ3n) is 5.16. The molecule has 1 aliphatic heterocycles. The average Bonchev–Trinajstić information content (AvgIpc) is 3.13. The summed E-state index contributed by atoms with van der Waals surface area (Å²) >= 11 is 0. The third kappa shape index (κ3) is 1.80. The van der Waals surface area contributed by atoms with Gasteiger partial charge in [0.2, 0.25) is 0 Å². The number of imidazole rings is 1. The molecule has 0 bridgehead atoms. The second-order valence-corrected chi connectivity index (χ2v) is 6.35. The summed E-state index contributed by atoms with van der Waals surface area (Å²) in [6.45, 7) is 4.51. The summed E-state index contributed by atoms with van der Waals surface area (Å²) in [5.41, 5.74) is 2.45. The zero-order valence-electron chi connectivity index (χ0n) is 12.2. The van der Waals surface area contributed by atoms with E-state index in [4.69, 9.17) is 4.98 Å². The molecule has 2 aliphatic rings. The first-order valence-corrected chi connectivity index (χ1v) is 8.07. The summed E-state index contributed by atoms with van der Waals surface area (Å²) < 4.78 is 2.45. The van der Waals surface area contributed by atoms with Crippen LogP contribution in [0.5, 0.6) is 0 Å². The van der Waals surface area contributed by atoms with Crippen LogP contribution in [0.4, 0.5) is 0 Å². The molecule has 2 aromatic rings. The Morgan fingerprint density at radius 1 is 1.30 bits per heavy atom. The van der Waals surface area contributed by atoms with Crippen LogP contribution in [0.3, 0.4) is 0 Å². The smallest absolute Gasteiger partial charge is 0.127 e. The highest BCUT2D eigenvalue weighted by molar-refractivity contribution is 5.76. The van der Waals surface area contributed by atoms with Gasteiger partial charge in [0.1, 0.15) is 5.82 Å². The molecule has 106 valence electrons. The highest BCUT2D eigenvalue weighted by atomic mass is 15.1. The molecule has 1 aromatic carbocycles. The van der Waals surface area contributed by atoms with Crippen molar-refractivity contribution in [2.45, 2.75) is 45.2 Å². The molecule has 1 aliphatic carbocycles. The maximum absolute atomic E-state index is 4.97. The number of hydrogen-bond acceptors (Lipinski definition) is 2. The largest absolute Gasteiger partial charge is 0.327 e. The lowest BCUT2D eigenvalue weighted by molar-refractivity contribution is 0.397. The van der Waals surface area contributed by atoms with E-state index in [1.54, 1.807) is 0 Å². The molecule has 2 fully saturated rings. The van der Waals surface area contributed by atoms with Crippen molar-refractivity contribution in [3.8, 4) is 0 Å². The SMILES string of the molecule is CCCn1c(C2NCC3CCCC32)nc2ccccc21. The van der Waals surface area contributed by atoms with Gasteiger partial charge in [-0.15, -0.1) is 0 Å². The molecule has 2 heterocycles. The van der Waals surface area contributed by atoms with Crippen LogP contribution >= 0.6 is 0 Å². The molecule has 20 heavy (non-hydrogen) atoms. The quantitative estimate of drug-likeness (QED) is 0.924. The van der Waals surface area contributed by atoms with Crippen LogP contribution in [0.25, 0.3) is 11.0 Å². The lowest BCUT2D eigenvalue weighted by atomic mass is 9.93. The predicted molar refractivity (Wildman–Crippen MR) is 81.6 cm³/mol. The topological polar surface area (TPSA) is 29.9 Å². The predicted octanol–water partition coefficient (Wildman–Crippen LogP) is 3.51. The average molecular weight is 269 g/mol. The first kappa shape index (κ1) is 12.4. The van der Waals surface area contributed by atoms with E-state index in [0.717, 1.165) is 30.3 Å². The Kier molecular flexibility index (Phi) is 3.03. The van der Waals surface area contributed by atoms with Crippen molar-refractivity contribution in [2.24, 2.45) is 11.8 Å². The molecule has 3 nitrogen and oxygen atoms in total. The molecule has 1 aromatic heterocycles. The monoisotopic (exact) mass is 269 g/mol. The molecule has 3 unspecified atom stereocenters. The van der Waals surface area contributed by atoms with Crippen LogP contribution < -0.4 is 5.32 Å². The number of nitrogens with zero attached hydrogens (tertiary/aromatic N) is 2. The highest BCUT2D eigenvalue weighted by Gasteiger charge is 2.41. The van der Waals surface area contributed by atoms with Crippen LogP contribution in [0.2, 0.25) is 0 Å². The van der Waals surface area contributed by atoms with Crippen molar-refractivity contribution in [3.05, 3.63) is 30.1 Å². The molecule has 1 saturated heterocycles. The number of benzene rings is 1. The van der Waals surface area contributed by atoms with Gasteiger partial charge in [-0.25, -0.2) is 4.98 Å². The molecule has 1 N–H and O–H groups in total. The minimum absolute atomic E-state index is 0.474. The standard InChI is InChI=1S/C17H23N3/c1-2-10-20-15-9-4-3-8-14(15)19-17(20)16-13-7-5-6-12(13)11-18-16/h3-4,8-9,12-13,16,18H,2,5-7,10-11H2,1H3. The maximum atomic E-state index is 4.97. The van der Waals surface area contributed by atoms with Crippen LogP contribution in [-0.4, -0.2) is 16.1 Å². The normalized spacial score (nSPS) is 29.1. The Labute approximate surface area is 120 Å². The van der Waals surface area contributed by atoms with Crippen LogP contribution in [0.15, 0.2) is 24.3 Å². The molecule has 0 amide bonds. The number of nitrogens with one attached hydrogen (secondary N) is 1. The van der Waals surface area contributed by atoms with E-state index in [0.29, 0.717) is 6.04 Å². The molecular formula is C17H23N3. The summed E-state index contributed by atoms with van der Waals surface area (Å²) in [7, 11) is 0. The molecular weight excluding hydrogens is 246 g/mol. The Morgan fingerprint density at radius 3 is 3.10 bits per heavy atom. The Morgan fingerprint density at radius 2 is 2.20 bits per heavy atom.